The normalized spacial score (nSPS) is 24.8. The number of aliphatic hydroxyl groups excluding tert-OH is 1. The molecule has 214 valence electrons. The van der Waals surface area contributed by atoms with Gasteiger partial charge < -0.3 is 25.4 Å². The first-order valence-electron chi connectivity index (χ1n) is 13.9. The number of aliphatic imine (C=N–C) groups is 3. The third-order valence-corrected chi connectivity index (χ3v) is 8.98. The molecule has 1 saturated heterocycles. The molecule has 8 bridgehead atoms. The SMILES string of the molecule is CCC1=C(C)C2=NC1=CC1=C(C)C3=C([O-])CC(=C4NC(=CC5=NC(=C2)C(CO)=C5C)C(C)C4CCC(=O)[O-])C3=N1.[Ni+2]. The van der Waals surface area contributed by atoms with Crippen LogP contribution in [0.3, 0.4) is 0 Å². The molecule has 8 nitrogen and oxygen atoms in total. The second-order valence-corrected chi connectivity index (χ2v) is 11.1. The summed E-state index contributed by atoms with van der Waals surface area (Å²) in [6, 6.07) is 0. The van der Waals surface area contributed by atoms with Crippen molar-refractivity contribution < 1.29 is 36.6 Å². The van der Waals surface area contributed by atoms with Crippen molar-refractivity contribution in [2.75, 3.05) is 6.61 Å². The zero-order valence-electron chi connectivity index (χ0n) is 23.8. The Kier molecular flexibility index (Phi) is 7.56. The molecule has 0 aromatic heterocycles. The Bertz CT molecular complexity index is 1640. The van der Waals surface area contributed by atoms with Gasteiger partial charge in [-0.3, -0.25) is 0 Å². The fourth-order valence-corrected chi connectivity index (χ4v) is 6.61. The Morgan fingerprint density at radius 2 is 1.68 bits per heavy atom. The number of hydrogen-bond acceptors (Lipinski definition) is 8. The Hall–Kier alpha value is -3.55. The standard InChI is InChI=1S/C32H34N4O4.Ni/c1-6-18-14(2)23-11-27-21(13-37)16(4)22(34-27)10-24-15(3)19(7-8-29(39)40)31(35-24)20-9-28(38)30-17(5)25(36-32(20)30)12-26(18)33-23;/h10-12,15,19,35,37-38H,6-9,13H2,1-5H3,(H,39,40);/q;+2/p-2. The van der Waals surface area contributed by atoms with E-state index in [2.05, 4.69) is 26.1 Å². The number of carbonyl (C=O) groups excluding carboxylic acids is 1. The molecule has 5 aliphatic heterocycles. The van der Waals surface area contributed by atoms with Gasteiger partial charge in [0.1, 0.15) is 0 Å². The van der Waals surface area contributed by atoms with Gasteiger partial charge in [0.05, 0.1) is 40.8 Å². The van der Waals surface area contributed by atoms with Crippen molar-refractivity contribution >= 4 is 23.1 Å². The topological polar surface area (TPSA) is 133 Å². The molecule has 41 heavy (non-hydrogen) atoms. The number of rotatable bonds is 5. The minimum absolute atomic E-state index is 0. The van der Waals surface area contributed by atoms with Gasteiger partial charge in [-0.2, -0.15) is 0 Å². The summed E-state index contributed by atoms with van der Waals surface area (Å²) in [5, 5.41) is 38.6. The summed E-state index contributed by atoms with van der Waals surface area (Å²) in [5.74, 6) is -1.27. The van der Waals surface area contributed by atoms with Gasteiger partial charge in [-0.1, -0.05) is 13.8 Å². The third kappa shape index (κ3) is 4.56. The van der Waals surface area contributed by atoms with Crippen LogP contribution in [0.5, 0.6) is 0 Å². The van der Waals surface area contributed by atoms with E-state index < -0.39 is 5.97 Å². The average molecular weight is 595 g/mol. The third-order valence-electron chi connectivity index (χ3n) is 8.98. The molecule has 0 aromatic carbocycles. The first kappa shape index (κ1) is 29.0. The molecular weight excluding hydrogens is 563 g/mol. The number of carbonyl (C=O) groups is 1. The molecule has 9 heteroatoms. The number of carboxylic acids is 1. The van der Waals surface area contributed by atoms with E-state index in [1.165, 1.54) is 0 Å². The maximum absolute atomic E-state index is 13.3. The van der Waals surface area contributed by atoms with Gasteiger partial charge in [0, 0.05) is 40.3 Å². The summed E-state index contributed by atoms with van der Waals surface area (Å²) >= 11 is 0. The molecule has 2 unspecified atom stereocenters. The van der Waals surface area contributed by atoms with Gasteiger partial charge >= 0.3 is 16.5 Å². The van der Waals surface area contributed by atoms with Crippen LogP contribution >= 0.6 is 0 Å². The molecule has 1 fully saturated rings. The van der Waals surface area contributed by atoms with E-state index in [-0.39, 0.29) is 53.5 Å². The van der Waals surface area contributed by atoms with Crippen molar-refractivity contribution in [2.45, 2.75) is 60.3 Å². The first-order valence-corrected chi connectivity index (χ1v) is 13.9. The quantitative estimate of drug-likeness (QED) is 0.472. The van der Waals surface area contributed by atoms with E-state index >= 15 is 0 Å². The van der Waals surface area contributed by atoms with Crippen LogP contribution in [0.25, 0.3) is 0 Å². The molecule has 2 N–H and O–H groups in total. The van der Waals surface area contributed by atoms with Crippen LogP contribution in [0, 0.1) is 11.8 Å². The summed E-state index contributed by atoms with van der Waals surface area (Å²) in [5.41, 5.74) is 12.3. The van der Waals surface area contributed by atoms with Gasteiger partial charge in [-0.05, 0) is 92.5 Å². The van der Waals surface area contributed by atoms with Gasteiger partial charge in [-0.15, -0.1) is 5.76 Å². The molecule has 6 aliphatic rings. The van der Waals surface area contributed by atoms with Gasteiger partial charge in [0.25, 0.3) is 0 Å². The Morgan fingerprint density at radius 3 is 2.34 bits per heavy atom. The van der Waals surface area contributed by atoms with E-state index in [1.807, 2.05) is 32.1 Å². The minimum Gasteiger partial charge on any atom is -0.875 e. The molecule has 1 aliphatic carbocycles. The van der Waals surface area contributed by atoms with E-state index in [1.54, 1.807) is 0 Å². The Labute approximate surface area is 249 Å². The molecule has 0 amide bonds. The minimum atomic E-state index is -1.10. The smallest absolute Gasteiger partial charge is 0.875 e. The number of nitrogens with one attached hydrogen (secondary N) is 1. The molecular formula is C32H32N4NiO4. The molecule has 5 heterocycles. The van der Waals surface area contributed by atoms with Crippen LogP contribution in [0.2, 0.25) is 0 Å². The van der Waals surface area contributed by atoms with Crippen LogP contribution in [0.15, 0.2) is 106 Å². The van der Waals surface area contributed by atoms with Crippen molar-refractivity contribution in [1.29, 1.82) is 0 Å². The van der Waals surface area contributed by atoms with E-state index in [0.29, 0.717) is 23.4 Å². The number of aliphatic carboxylic acids is 1. The van der Waals surface area contributed by atoms with Crippen molar-refractivity contribution in [1.82, 2.24) is 5.32 Å². The fourth-order valence-electron chi connectivity index (χ4n) is 6.61. The van der Waals surface area contributed by atoms with E-state index in [0.717, 1.165) is 74.1 Å². The van der Waals surface area contributed by atoms with Crippen LogP contribution in [0.1, 0.15) is 60.3 Å². The van der Waals surface area contributed by atoms with Crippen LogP contribution in [0.4, 0.5) is 0 Å². The molecule has 6 rings (SSSR count). The predicted molar refractivity (Wildman–Crippen MR) is 151 cm³/mol. The van der Waals surface area contributed by atoms with Crippen LogP contribution in [-0.4, -0.2) is 34.8 Å². The molecule has 2 atom stereocenters. The number of nitrogens with zero attached hydrogens (tertiary/aromatic N) is 3. The average Bonchev–Trinajstić information content (AvgIpc) is 3.65. The number of fused-ring (bicyclic) bond motifs is 5. The molecule has 0 saturated carbocycles. The maximum atomic E-state index is 13.3. The van der Waals surface area contributed by atoms with Crippen molar-refractivity contribution in [3.63, 3.8) is 0 Å². The summed E-state index contributed by atoms with van der Waals surface area (Å²) in [7, 11) is 0. The summed E-state index contributed by atoms with van der Waals surface area (Å²) < 4.78 is 0. The zero-order chi connectivity index (χ0) is 28.5. The number of allylic oxidation sites excluding steroid dienone is 11. The summed E-state index contributed by atoms with van der Waals surface area (Å²) in [6.07, 6.45) is 7.18. The second kappa shape index (κ2) is 10.7. The zero-order valence-corrected chi connectivity index (χ0v) is 24.7. The van der Waals surface area contributed by atoms with Gasteiger partial charge in [0.2, 0.25) is 0 Å². The van der Waals surface area contributed by atoms with Gasteiger partial charge in [-0.25, -0.2) is 15.0 Å². The predicted octanol–water partition coefficient (Wildman–Crippen LogP) is 2.98. The van der Waals surface area contributed by atoms with E-state index in [4.69, 9.17) is 15.0 Å². The number of aliphatic hydroxyl groups is 1. The van der Waals surface area contributed by atoms with Crippen LogP contribution < -0.4 is 15.5 Å². The van der Waals surface area contributed by atoms with Crippen LogP contribution in [-0.2, 0) is 21.3 Å². The summed E-state index contributed by atoms with van der Waals surface area (Å²) in [6.45, 7) is 9.93. The number of hydrogen-bond donors (Lipinski definition) is 2. The first-order chi connectivity index (χ1) is 19.1. The second-order valence-electron chi connectivity index (χ2n) is 11.1. The van der Waals surface area contributed by atoms with Crippen molar-refractivity contribution in [3.05, 3.63) is 91.5 Å². The fraction of sp³-hybridized carbons (Fsp3) is 0.375. The van der Waals surface area contributed by atoms with Crippen molar-refractivity contribution in [3.8, 4) is 0 Å². The Balaban J connectivity index is 0.00000337. The number of carboxylic acid groups (broad SMARTS) is 1. The largest absolute Gasteiger partial charge is 2.00 e. The summed E-state index contributed by atoms with van der Waals surface area (Å²) in [4.78, 5) is 26.3. The Morgan fingerprint density at radius 1 is 1.02 bits per heavy atom. The molecule has 0 radical (unpaired) electrons. The maximum Gasteiger partial charge on any atom is 2.00 e. The van der Waals surface area contributed by atoms with E-state index in [9.17, 15) is 20.1 Å². The molecule has 0 spiro atoms. The molecule has 0 aromatic rings. The van der Waals surface area contributed by atoms with Crippen molar-refractivity contribution in [2.24, 2.45) is 26.8 Å². The van der Waals surface area contributed by atoms with Gasteiger partial charge in [0.15, 0.2) is 0 Å². The monoisotopic (exact) mass is 594 g/mol.